The molecule has 0 spiro atoms. The van der Waals surface area contributed by atoms with Gasteiger partial charge >= 0.3 is 0 Å². The van der Waals surface area contributed by atoms with Gasteiger partial charge in [-0.25, -0.2) is 0 Å². The summed E-state index contributed by atoms with van der Waals surface area (Å²) in [5.41, 5.74) is 1.79. The molecular formula is C19H23N3O2. The van der Waals surface area contributed by atoms with Crippen LogP contribution in [0.5, 0.6) is 0 Å². The summed E-state index contributed by atoms with van der Waals surface area (Å²) >= 11 is 0. The Morgan fingerprint density at radius 1 is 1.12 bits per heavy atom. The van der Waals surface area contributed by atoms with Crippen LogP contribution >= 0.6 is 0 Å². The molecule has 5 nitrogen and oxygen atoms in total. The zero-order valence-electron chi connectivity index (χ0n) is 14.1. The number of amides is 2. The Balaban J connectivity index is 2.02. The zero-order valence-corrected chi connectivity index (χ0v) is 14.1. The van der Waals surface area contributed by atoms with Crippen molar-refractivity contribution >= 4 is 11.8 Å². The molecule has 2 aromatic rings. The van der Waals surface area contributed by atoms with Crippen LogP contribution in [0, 0.1) is 0 Å². The minimum Gasteiger partial charge on any atom is -0.349 e. The molecule has 1 atom stereocenters. The van der Waals surface area contributed by atoms with Gasteiger partial charge in [0.1, 0.15) is 6.04 Å². The summed E-state index contributed by atoms with van der Waals surface area (Å²) in [5, 5.41) is 2.85. The zero-order chi connectivity index (χ0) is 17.4. The lowest BCUT2D eigenvalue weighted by atomic mass is 10.1. The van der Waals surface area contributed by atoms with Crippen molar-refractivity contribution < 1.29 is 9.59 Å². The van der Waals surface area contributed by atoms with Gasteiger partial charge in [0.15, 0.2) is 0 Å². The highest BCUT2D eigenvalue weighted by atomic mass is 16.2. The summed E-state index contributed by atoms with van der Waals surface area (Å²) in [7, 11) is 0. The number of nitrogens with one attached hydrogen (secondary N) is 1. The van der Waals surface area contributed by atoms with Crippen LogP contribution in [0.25, 0.3) is 0 Å². The summed E-state index contributed by atoms with van der Waals surface area (Å²) in [4.78, 5) is 30.5. The standard InChI is InChI=1S/C19H23N3O2/c1-3-18(23)22(14-16-9-5-4-6-10-16)15(2)19(24)21-13-17-11-7-8-12-20-17/h4-12,15H,3,13-14H2,1-2H3,(H,21,24). The molecule has 1 heterocycles. The molecular weight excluding hydrogens is 302 g/mol. The molecule has 1 aromatic heterocycles. The molecule has 2 amide bonds. The first-order valence-corrected chi connectivity index (χ1v) is 8.12. The largest absolute Gasteiger partial charge is 0.349 e. The van der Waals surface area contributed by atoms with Crippen molar-refractivity contribution in [1.82, 2.24) is 15.2 Å². The lowest BCUT2D eigenvalue weighted by molar-refractivity contribution is -0.140. The van der Waals surface area contributed by atoms with E-state index in [-0.39, 0.29) is 11.8 Å². The fourth-order valence-electron chi connectivity index (χ4n) is 2.39. The Morgan fingerprint density at radius 3 is 2.46 bits per heavy atom. The Labute approximate surface area is 142 Å². The molecule has 126 valence electrons. The maximum absolute atomic E-state index is 12.4. The van der Waals surface area contributed by atoms with Gasteiger partial charge in [0.2, 0.25) is 11.8 Å². The fraction of sp³-hybridized carbons (Fsp3) is 0.316. The lowest BCUT2D eigenvalue weighted by Crippen LogP contribution is -2.47. The minimum atomic E-state index is -0.540. The van der Waals surface area contributed by atoms with Crippen LogP contribution < -0.4 is 5.32 Å². The van der Waals surface area contributed by atoms with E-state index in [0.717, 1.165) is 11.3 Å². The topological polar surface area (TPSA) is 62.3 Å². The van der Waals surface area contributed by atoms with Crippen molar-refractivity contribution in [3.05, 3.63) is 66.0 Å². The van der Waals surface area contributed by atoms with Crippen LogP contribution in [-0.4, -0.2) is 27.7 Å². The predicted molar refractivity (Wildman–Crippen MR) is 92.8 cm³/mol. The van der Waals surface area contributed by atoms with E-state index in [2.05, 4.69) is 10.3 Å². The van der Waals surface area contributed by atoms with E-state index < -0.39 is 6.04 Å². The number of rotatable bonds is 7. The number of carbonyl (C=O) groups is 2. The molecule has 1 aromatic carbocycles. The highest BCUT2D eigenvalue weighted by molar-refractivity contribution is 5.87. The molecule has 0 aliphatic heterocycles. The summed E-state index contributed by atoms with van der Waals surface area (Å²) in [6, 6.07) is 14.7. The number of hydrogen-bond acceptors (Lipinski definition) is 3. The molecule has 0 aliphatic rings. The predicted octanol–water partition coefficient (Wildman–Crippen LogP) is 2.53. The third-order valence-electron chi connectivity index (χ3n) is 3.84. The van der Waals surface area contributed by atoms with E-state index in [1.807, 2.05) is 48.5 Å². The third-order valence-corrected chi connectivity index (χ3v) is 3.84. The highest BCUT2D eigenvalue weighted by Crippen LogP contribution is 2.10. The van der Waals surface area contributed by atoms with Crippen LogP contribution in [0.15, 0.2) is 54.7 Å². The second-order valence-corrected chi connectivity index (χ2v) is 5.58. The van der Waals surface area contributed by atoms with Crippen molar-refractivity contribution in [3.63, 3.8) is 0 Å². The SMILES string of the molecule is CCC(=O)N(Cc1ccccc1)C(C)C(=O)NCc1ccccn1. The highest BCUT2D eigenvalue weighted by Gasteiger charge is 2.24. The first kappa shape index (κ1) is 17.7. The molecule has 24 heavy (non-hydrogen) atoms. The van der Waals surface area contributed by atoms with Crippen molar-refractivity contribution in [1.29, 1.82) is 0 Å². The molecule has 0 bridgehead atoms. The van der Waals surface area contributed by atoms with Gasteiger partial charge in [-0.3, -0.25) is 14.6 Å². The molecule has 0 saturated carbocycles. The van der Waals surface area contributed by atoms with E-state index in [0.29, 0.717) is 19.5 Å². The van der Waals surface area contributed by atoms with Crippen LogP contribution in [0.2, 0.25) is 0 Å². The smallest absolute Gasteiger partial charge is 0.242 e. The van der Waals surface area contributed by atoms with Crippen molar-refractivity contribution in [2.75, 3.05) is 0 Å². The van der Waals surface area contributed by atoms with Gasteiger partial charge < -0.3 is 10.2 Å². The minimum absolute atomic E-state index is 0.0423. The van der Waals surface area contributed by atoms with Gasteiger partial charge in [-0.05, 0) is 24.6 Å². The van der Waals surface area contributed by atoms with E-state index >= 15 is 0 Å². The number of aromatic nitrogens is 1. The maximum atomic E-state index is 12.4. The van der Waals surface area contributed by atoms with Crippen LogP contribution in [-0.2, 0) is 22.7 Å². The number of hydrogen-bond donors (Lipinski definition) is 1. The van der Waals surface area contributed by atoms with E-state index in [1.165, 1.54) is 0 Å². The first-order valence-electron chi connectivity index (χ1n) is 8.12. The monoisotopic (exact) mass is 325 g/mol. The van der Waals surface area contributed by atoms with Gasteiger partial charge in [0, 0.05) is 19.2 Å². The molecule has 0 fully saturated rings. The molecule has 2 rings (SSSR count). The Morgan fingerprint density at radius 2 is 1.83 bits per heavy atom. The van der Waals surface area contributed by atoms with Crippen LogP contribution in [0.1, 0.15) is 31.5 Å². The average Bonchev–Trinajstić information content (AvgIpc) is 2.64. The quantitative estimate of drug-likeness (QED) is 0.851. The van der Waals surface area contributed by atoms with Gasteiger partial charge in [0.25, 0.3) is 0 Å². The Bertz CT molecular complexity index is 659. The first-order chi connectivity index (χ1) is 11.6. The summed E-state index contributed by atoms with van der Waals surface area (Å²) in [6.07, 6.45) is 2.05. The summed E-state index contributed by atoms with van der Waals surface area (Å²) in [5.74, 6) is -0.224. The molecule has 5 heteroatoms. The average molecular weight is 325 g/mol. The fourth-order valence-corrected chi connectivity index (χ4v) is 2.39. The van der Waals surface area contributed by atoms with E-state index in [1.54, 1.807) is 24.9 Å². The molecule has 1 unspecified atom stereocenters. The second-order valence-electron chi connectivity index (χ2n) is 5.58. The van der Waals surface area contributed by atoms with E-state index in [9.17, 15) is 9.59 Å². The van der Waals surface area contributed by atoms with Gasteiger partial charge in [-0.2, -0.15) is 0 Å². The molecule has 1 N–H and O–H groups in total. The second kappa shape index (κ2) is 8.82. The number of nitrogens with zero attached hydrogens (tertiary/aromatic N) is 2. The lowest BCUT2D eigenvalue weighted by Gasteiger charge is -2.28. The van der Waals surface area contributed by atoms with Gasteiger partial charge in [-0.15, -0.1) is 0 Å². The molecule has 0 radical (unpaired) electrons. The van der Waals surface area contributed by atoms with Gasteiger partial charge in [0.05, 0.1) is 12.2 Å². The van der Waals surface area contributed by atoms with Crippen LogP contribution in [0.4, 0.5) is 0 Å². The number of pyridine rings is 1. The van der Waals surface area contributed by atoms with Crippen molar-refractivity contribution in [2.45, 2.75) is 39.4 Å². The summed E-state index contributed by atoms with van der Waals surface area (Å²) < 4.78 is 0. The molecule has 0 aliphatic carbocycles. The number of carbonyl (C=O) groups excluding carboxylic acids is 2. The van der Waals surface area contributed by atoms with Gasteiger partial charge in [-0.1, -0.05) is 43.3 Å². The third kappa shape index (κ3) is 4.91. The molecule has 0 saturated heterocycles. The van der Waals surface area contributed by atoms with Crippen molar-refractivity contribution in [3.8, 4) is 0 Å². The maximum Gasteiger partial charge on any atom is 0.242 e. The summed E-state index contributed by atoms with van der Waals surface area (Å²) in [6.45, 7) is 4.33. The Hall–Kier alpha value is -2.69. The van der Waals surface area contributed by atoms with Crippen molar-refractivity contribution in [2.24, 2.45) is 0 Å². The number of benzene rings is 1. The van der Waals surface area contributed by atoms with E-state index in [4.69, 9.17) is 0 Å². The normalized spacial score (nSPS) is 11.6. The van der Waals surface area contributed by atoms with Crippen LogP contribution in [0.3, 0.4) is 0 Å². The Kier molecular flexibility index (Phi) is 6.49.